The summed E-state index contributed by atoms with van der Waals surface area (Å²) in [6.07, 6.45) is 0.203. The van der Waals surface area contributed by atoms with Gasteiger partial charge in [-0.05, 0) is 32.1 Å². The van der Waals surface area contributed by atoms with Gasteiger partial charge in [0.1, 0.15) is 0 Å². The molecule has 1 unspecified atom stereocenters. The van der Waals surface area contributed by atoms with E-state index in [0.29, 0.717) is 0 Å². The number of alkyl halides is 1. The Morgan fingerprint density at radius 2 is 2.00 bits per heavy atom. The topological polar surface area (TPSA) is 63.6 Å². The molecule has 0 heterocycles. The fourth-order valence-corrected chi connectivity index (χ4v) is 1.90. The minimum Gasteiger partial charge on any atom is -0.480 e. The van der Waals surface area contributed by atoms with Gasteiger partial charge >= 0.3 is 11.9 Å². The molecule has 0 radical (unpaired) electrons. The Balaban J connectivity index is 5.08. The van der Waals surface area contributed by atoms with Gasteiger partial charge in [0.15, 0.2) is 5.41 Å². The zero-order valence-corrected chi connectivity index (χ0v) is 10.7. The molecule has 0 aliphatic rings. The number of carboxylic acids is 1. The second kappa shape index (κ2) is 7.25. The van der Waals surface area contributed by atoms with Crippen LogP contribution in [-0.2, 0) is 14.3 Å². The maximum atomic E-state index is 12.2. The maximum absolute atomic E-state index is 12.2. The number of aliphatic carboxylic acids is 1. The van der Waals surface area contributed by atoms with Gasteiger partial charge in [0, 0.05) is 0 Å². The molecule has 0 spiro atoms. The molecular formula is C12H21FO4. The number of hydrogen-bond acceptors (Lipinski definition) is 3. The first-order chi connectivity index (χ1) is 7.90. The Bertz CT molecular complexity index is 265. The monoisotopic (exact) mass is 248 g/mol. The van der Waals surface area contributed by atoms with Crippen molar-refractivity contribution < 1.29 is 23.8 Å². The third-order valence-electron chi connectivity index (χ3n) is 2.57. The van der Waals surface area contributed by atoms with Crippen molar-refractivity contribution in [3.8, 4) is 0 Å². The lowest BCUT2D eigenvalue weighted by molar-refractivity contribution is -0.170. The van der Waals surface area contributed by atoms with Gasteiger partial charge in [-0.3, -0.25) is 14.0 Å². The quantitative estimate of drug-likeness (QED) is 0.529. The van der Waals surface area contributed by atoms with Gasteiger partial charge in [-0.15, -0.1) is 0 Å². The van der Waals surface area contributed by atoms with Crippen LogP contribution in [0.4, 0.5) is 4.39 Å². The molecule has 4 nitrogen and oxygen atoms in total. The third-order valence-corrected chi connectivity index (χ3v) is 2.57. The minimum absolute atomic E-state index is 0.0180. The molecule has 0 saturated heterocycles. The number of ether oxygens (including phenoxy) is 1. The fraction of sp³-hybridized carbons (Fsp3) is 0.833. The van der Waals surface area contributed by atoms with Crippen molar-refractivity contribution in [2.24, 2.45) is 11.3 Å². The first-order valence-corrected chi connectivity index (χ1v) is 5.87. The summed E-state index contributed by atoms with van der Waals surface area (Å²) in [6, 6.07) is 0. The van der Waals surface area contributed by atoms with Crippen molar-refractivity contribution in [2.75, 3.05) is 13.3 Å². The van der Waals surface area contributed by atoms with Gasteiger partial charge in [0.2, 0.25) is 0 Å². The Morgan fingerprint density at radius 1 is 1.41 bits per heavy atom. The summed E-state index contributed by atoms with van der Waals surface area (Å²) in [4.78, 5) is 23.2. The summed E-state index contributed by atoms with van der Waals surface area (Å²) in [7, 11) is 0. The minimum atomic E-state index is -1.60. The third kappa shape index (κ3) is 4.32. The normalized spacial score (nSPS) is 14.4. The van der Waals surface area contributed by atoms with Crippen LogP contribution in [0.25, 0.3) is 0 Å². The van der Waals surface area contributed by atoms with Crippen molar-refractivity contribution in [3.63, 3.8) is 0 Å². The van der Waals surface area contributed by atoms with Crippen LogP contribution in [0.5, 0.6) is 0 Å². The molecule has 0 bridgehead atoms. The van der Waals surface area contributed by atoms with Gasteiger partial charge in [0.05, 0.1) is 13.3 Å². The SMILES string of the molecule is CCOC(=O)C(CCCF)(CC(C)C)C(=O)O. The second-order valence-electron chi connectivity index (χ2n) is 4.50. The molecule has 1 N–H and O–H groups in total. The second-order valence-corrected chi connectivity index (χ2v) is 4.50. The van der Waals surface area contributed by atoms with E-state index in [1.165, 1.54) is 0 Å². The van der Waals surface area contributed by atoms with Crippen molar-refractivity contribution in [1.82, 2.24) is 0 Å². The highest BCUT2D eigenvalue weighted by Gasteiger charge is 2.47. The van der Waals surface area contributed by atoms with Gasteiger partial charge in [-0.2, -0.15) is 0 Å². The van der Waals surface area contributed by atoms with Crippen molar-refractivity contribution in [1.29, 1.82) is 0 Å². The number of esters is 1. The van der Waals surface area contributed by atoms with E-state index in [1.54, 1.807) is 6.92 Å². The molecule has 100 valence electrons. The van der Waals surface area contributed by atoms with Crippen molar-refractivity contribution in [3.05, 3.63) is 0 Å². The van der Waals surface area contributed by atoms with E-state index in [0.717, 1.165) is 0 Å². The molecule has 1 atom stereocenters. The largest absolute Gasteiger partial charge is 0.480 e. The van der Waals surface area contributed by atoms with Crippen LogP contribution in [-0.4, -0.2) is 30.3 Å². The van der Waals surface area contributed by atoms with Crippen molar-refractivity contribution >= 4 is 11.9 Å². The zero-order valence-electron chi connectivity index (χ0n) is 10.7. The lowest BCUT2D eigenvalue weighted by Crippen LogP contribution is -2.42. The van der Waals surface area contributed by atoms with E-state index in [2.05, 4.69) is 0 Å². The van der Waals surface area contributed by atoms with Crippen molar-refractivity contribution in [2.45, 2.75) is 40.0 Å². The summed E-state index contributed by atoms with van der Waals surface area (Å²) in [5.74, 6) is -1.96. The molecule has 0 aromatic rings. The van der Waals surface area contributed by atoms with Crippen LogP contribution in [0.3, 0.4) is 0 Å². The van der Waals surface area contributed by atoms with Crippen LogP contribution >= 0.6 is 0 Å². The number of rotatable bonds is 8. The molecule has 0 aromatic carbocycles. The van der Waals surface area contributed by atoms with Gasteiger partial charge in [0.25, 0.3) is 0 Å². The molecule has 0 saturated carbocycles. The van der Waals surface area contributed by atoms with E-state index >= 15 is 0 Å². The Morgan fingerprint density at radius 3 is 2.35 bits per heavy atom. The van der Waals surface area contributed by atoms with Crippen LogP contribution in [0, 0.1) is 11.3 Å². The Labute approximate surface area is 101 Å². The van der Waals surface area contributed by atoms with Gasteiger partial charge in [-0.1, -0.05) is 13.8 Å². The van der Waals surface area contributed by atoms with Gasteiger partial charge in [-0.25, -0.2) is 0 Å². The van der Waals surface area contributed by atoms with E-state index in [4.69, 9.17) is 4.74 Å². The zero-order chi connectivity index (χ0) is 13.5. The lowest BCUT2D eigenvalue weighted by Gasteiger charge is -2.28. The molecule has 0 fully saturated rings. The van der Waals surface area contributed by atoms with E-state index in [-0.39, 0.29) is 31.8 Å². The number of hydrogen-bond donors (Lipinski definition) is 1. The molecule has 0 aliphatic heterocycles. The van der Waals surface area contributed by atoms with Crippen LogP contribution < -0.4 is 0 Å². The molecule has 5 heteroatoms. The Kier molecular flexibility index (Phi) is 6.76. The highest BCUT2D eigenvalue weighted by Crippen LogP contribution is 2.34. The highest BCUT2D eigenvalue weighted by molar-refractivity contribution is 5.99. The number of carbonyl (C=O) groups excluding carboxylic acids is 1. The maximum Gasteiger partial charge on any atom is 0.323 e. The summed E-state index contributed by atoms with van der Waals surface area (Å²) in [5, 5.41) is 9.27. The molecule has 0 aromatic heterocycles. The predicted octanol–water partition coefficient (Wildman–Crippen LogP) is 2.42. The number of carboxylic acid groups (broad SMARTS) is 1. The summed E-state index contributed by atoms with van der Waals surface area (Å²) in [6.45, 7) is 4.77. The Hall–Kier alpha value is -1.13. The number of halogens is 1. The smallest absolute Gasteiger partial charge is 0.323 e. The molecular weight excluding hydrogens is 227 g/mol. The van der Waals surface area contributed by atoms with E-state index in [9.17, 15) is 19.1 Å². The first-order valence-electron chi connectivity index (χ1n) is 5.87. The van der Waals surface area contributed by atoms with Crippen LogP contribution in [0.15, 0.2) is 0 Å². The standard InChI is InChI=1S/C12H21FO4/c1-4-17-11(16)12(10(14)15,6-5-7-13)8-9(2)3/h9H,4-8H2,1-3H3,(H,14,15). The molecule has 0 rings (SSSR count). The fourth-order valence-electron chi connectivity index (χ4n) is 1.90. The summed E-state index contributed by atoms with van der Waals surface area (Å²) >= 11 is 0. The average Bonchev–Trinajstić information content (AvgIpc) is 2.23. The number of carbonyl (C=O) groups is 2. The first kappa shape index (κ1) is 15.9. The lowest BCUT2D eigenvalue weighted by atomic mass is 9.76. The highest BCUT2D eigenvalue weighted by atomic mass is 19.1. The molecule has 0 amide bonds. The van der Waals surface area contributed by atoms with Gasteiger partial charge < -0.3 is 9.84 Å². The summed E-state index contributed by atoms with van der Waals surface area (Å²) < 4.78 is 17.1. The van der Waals surface area contributed by atoms with Crippen LogP contribution in [0.1, 0.15) is 40.0 Å². The van der Waals surface area contributed by atoms with Crippen LogP contribution in [0.2, 0.25) is 0 Å². The summed E-state index contributed by atoms with van der Waals surface area (Å²) in [5.41, 5.74) is -1.60. The molecule has 0 aliphatic carbocycles. The predicted molar refractivity (Wildman–Crippen MR) is 61.4 cm³/mol. The molecule has 17 heavy (non-hydrogen) atoms. The van der Waals surface area contributed by atoms with E-state index in [1.807, 2.05) is 13.8 Å². The van der Waals surface area contributed by atoms with E-state index < -0.39 is 24.0 Å². The average molecular weight is 248 g/mol.